The van der Waals surface area contributed by atoms with E-state index < -0.39 is 0 Å². The van der Waals surface area contributed by atoms with Gasteiger partial charge in [-0.2, -0.15) is 10.2 Å². The summed E-state index contributed by atoms with van der Waals surface area (Å²) in [5.74, 6) is 0. The molecular weight excluding hydrogens is 360 g/mol. The highest BCUT2D eigenvalue weighted by Gasteiger charge is 2.14. The number of nitrogens with one attached hydrogen (secondary N) is 2. The monoisotopic (exact) mass is 380 g/mol. The molecule has 6 heteroatoms. The van der Waals surface area contributed by atoms with Crippen LogP contribution in [0.3, 0.4) is 0 Å². The van der Waals surface area contributed by atoms with Crippen molar-refractivity contribution in [1.82, 2.24) is 25.4 Å². The second-order valence-corrected chi connectivity index (χ2v) is 7.05. The molecule has 0 aliphatic heterocycles. The zero-order valence-electron chi connectivity index (χ0n) is 16.0. The van der Waals surface area contributed by atoms with Crippen LogP contribution in [0.25, 0.3) is 44.7 Å². The van der Waals surface area contributed by atoms with Crippen LogP contribution >= 0.6 is 0 Å². The van der Waals surface area contributed by atoms with Crippen molar-refractivity contribution in [2.75, 3.05) is 0 Å². The van der Waals surface area contributed by atoms with Crippen molar-refractivity contribution in [3.05, 3.63) is 78.1 Å². The van der Waals surface area contributed by atoms with Gasteiger partial charge in [0.1, 0.15) is 5.69 Å². The van der Waals surface area contributed by atoms with Gasteiger partial charge in [0.05, 0.1) is 16.9 Å². The Morgan fingerprint density at radius 3 is 2.52 bits per heavy atom. The second kappa shape index (κ2) is 7.00. The fourth-order valence-corrected chi connectivity index (χ4v) is 3.59. The number of aromatic amines is 2. The Bertz CT molecular complexity index is 1300. The molecule has 0 aliphatic rings. The molecule has 0 saturated heterocycles. The van der Waals surface area contributed by atoms with Gasteiger partial charge < -0.3 is 5.73 Å². The molecule has 0 bridgehead atoms. The van der Waals surface area contributed by atoms with Crippen molar-refractivity contribution in [3.63, 3.8) is 0 Å². The van der Waals surface area contributed by atoms with Gasteiger partial charge >= 0.3 is 0 Å². The lowest BCUT2D eigenvalue weighted by atomic mass is 10.0. The standard InChI is InChI=1S/C23H20N6/c1-14-3-2-4-20(26-14)23-19(13-25-28-23)17-9-10-18-21(11-17)27-29-22(18)16-7-5-15(12-24)6-8-16/h2-11,13H,12,24H2,1H3,(H,25,28)(H,27,29). The first-order chi connectivity index (χ1) is 14.2. The Labute approximate surface area is 167 Å². The summed E-state index contributed by atoms with van der Waals surface area (Å²) in [7, 11) is 0. The van der Waals surface area contributed by atoms with Crippen LogP contribution in [0.1, 0.15) is 11.3 Å². The molecule has 0 fully saturated rings. The molecule has 5 aromatic rings. The zero-order chi connectivity index (χ0) is 19.8. The third kappa shape index (κ3) is 3.09. The Hall–Kier alpha value is -3.77. The molecule has 0 spiro atoms. The van der Waals surface area contributed by atoms with E-state index >= 15 is 0 Å². The van der Waals surface area contributed by atoms with E-state index in [-0.39, 0.29) is 0 Å². The van der Waals surface area contributed by atoms with E-state index in [9.17, 15) is 0 Å². The van der Waals surface area contributed by atoms with E-state index in [0.29, 0.717) is 6.54 Å². The Balaban J connectivity index is 1.56. The van der Waals surface area contributed by atoms with Crippen LogP contribution in [-0.2, 0) is 6.54 Å². The van der Waals surface area contributed by atoms with Crippen LogP contribution in [0.15, 0.2) is 66.9 Å². The quantitative estimate of drug-likeness (QED) is 0.429. The first-order valence-electron chi connectivity index (χ1n) is 9.48. The molecule has 3 aromatic heterocycles. The summed E-state index contributed by atoms with van der Waals surface area (Å²) in [5.41, 5.74) is 14.5. The molecule has 142 valence electrons. The molecule has 0 atom stereocenters. The van der Waals surface area contributed by atoms with E-state index in [0.717, 1.165) is 55.9 Å². The minimum Gasteiger partial charge on any atom is -0.326 e. The van der Waals surface area contributed by atoms with Crippen molar-refractivity contribution >= 4 is 10.9 Å². The third-order valence-corrected chi connectivity index (χ3v) is 5.11. The highest BCUT2D eigenvalue weighted by molar-refractivity contribution is 5.96. The van der Waals surface area contributed by atoms with Crippen LogP contribution in [0.2, 0.25) is 0 Å². The molecule has 2 aromatic carbocycles. The van der Waals surface area contributed by atoms with Crippen molar-refractivity contribution in [3.8, 4) is 33.8 Å². The number of hydrogen-bond acceptors (Lipinski definition) is 4. The van der Waals surface area contributed by atoms with Crippen molar-refractivity contribution < 1.29 is 0 Å². The fourth-order valence-electron chi connectivity index (χ4n) is 3.59. The Morgan fingerprint density at radius 2 is 1.72 bits per heavy atom. The largest absolute Gasteiger partial charge is 0.326 e. The number of aromatic nitrogens is 5. The number of pyridine rings is 1. The molecule has 4 N–H and O–H groups in total. The first kappa shape index (κ1) is 17.3. The van der Waals surface area contributed by atoms with E-state index in [4.69, 9.17) is 5.73 Å². The SMILES string of the molecule is Cc1cccc(-c2n[nH]cc2-c2ccc3c(-c4ccc(CN)cc4)n[nH]c3c2)n1. The summed E-state index contributed by atoms with van der Waals surface area (Å²) in [6.45, 7) is 2.52. The van der Waals surface area contributed by atoms with Gasteiger partial charge in [0.15, 0.2) is 0 Å². The summed E-state index contributed by atoms with van der Waals surface area (Å²) in [6, 6.07) is 20.4. The van der Waals surface area contributed by atoms with E-state index in [2.05, 4.69) is 55.7 Å². The predicted octanol–water partition coefficient (Wildman–Crippen LogP) is 4.45. The summed E-state index contributed by atoms with van der Waals surface area (Å²) in [4.78, 5) is 4.61. The number of nitrogens with two attached hydrogens (primary N) is 1. The highest BCUT2D eigenvalue weighted by atomic mass is 15.1. The molecule has 0 saturated carbocycles. The summed E-state index contributed by atoms with van der Waals surface area (Å²) >= 11 is 0. The number of nitrogens with zero attached hydrogens (tertiary/aromatic N) is 3. The number of hydrogen-bond donors (Lipinski definition) is 3. The normalized spacial score (nSPS) is 11.2. The molecule has 0 amide bonds. The summed E-state index contributed by atoms with van der Waals surface area (Å²) < 4.78 is 0. The lowest BCUT2D eigenvalue weighted by molar-refractivity contribution is 1.07. The molecule has 0 unspecified atom stereocenters. The third-order valence-electron chi connectivity index (χ3n) is 5.11. The maximum Gasteiger partial charge on any atom is 0.118 e. The zero-order valence-corrected chi connectivity index (χ0v) is 16.0. The van der Waals surface area contributed by atoms with Gasteiger partial charge in [-0.25, -0.2) is 0 Å². The van der Waals surface area contributed by atoms with Crippen LogP contribution in [-0.4, -0.2) is 25.4 Å². The number of fused-ring (bicyclic) bond motifs is 1. The number of benzene rings is 2. The molecule has 6 nitrogen and oxygen atoms in total. The van der Waals surface area contributed by atoms with Crippen LogP contribution in [0.4, 0.5) is 0 Å². The van der Waals surface area contributed by atoms with Gasteiger partial charge in [-0.3, -0.25) is 15.2 Å². The highest BCUT2D eigenvalue weighted by Crippen LogP contribution is 2.33. The van der Waals surface area contributed by atoms with Crippen molar-refractivity contribution in [2.24, 2.45) is 5.73 Å². The van der Waals surface area contributed by atoms with Crippen LogP contribution in [0.5, 0.6) is 0 Å². The second-order valence-electron chi connectivity index (χ2n) is 7.05. The minimum atomic E-state index is 0.535. The lowest BCUT2D eigenvalue weighted by Crippen LogP contribution is -1.95. The number of H-pyrrole nitrogens is 2. The molecule has 3 heterocycles. The van der Waals surface area contributed by atoms with Crippen molar-refractivity contribution in [1.29, 1.82) is 0 Å². The van der Waals surface area contributed by atoms with Crippen molar-refractivity contribution in [2.45, 2.75) is 13.5 Å². The number of aryl methyl sites for hydroxylation is 1. The Kier molecular flexibility index (Phi) is 4.18. The molecular formula is C23H20N6. The smallest absolute Gasteiger partial charge is 0.118 e. The predicted molar refractivity (Wildman–Crippen MR) is 115 cm³/mol. The summed E-state index contributed by atoms with van der Waals surface area (Å²) in [5, 5.41) is 16.2. The maximum atomic E-state index is 5.70. The van der Waals surface area contributed by atoms with E-state index in [1.54, 1.807) is 0 Å². The minimum absolute atomic E-state index is 0.535. The summed E-state index contributed by atoms with van der Waals surface area (Å²) in [6.07, 6.45) is 1.91. The maximum absolute atomic E-state index is 5.70. The molecule has 0 radical (unpaired) electrons. The van der Waals surface area contributed by atoms with E-state index in [1.807, 2.05) is 43.5 Å². The van der Waals surface area contributed by atoms with Gasteiger partial charge in [-0.1, -0.05) is 36.4 Å². The Morgan fingerprint density at radius 1 is 0.897 bits per heavy atom. The van der Waals surface area contributed by atoms with Gasteiger partial charge in [0.25, 0.3) is 0 Å². The van der Waals surface area contributed by atoms with E-state index in [1.165, 1.54) is 0 Å². The van der Waals surface area contributed by atoms with Gasteiger partial charge in [-0.15, -0.1) is 0 Å². The van der Waals surface area contributed by atoms with Crippen LogP contribution in [0, 0.1) is 6.92 Å². The number of rotatable bonds is 4. The first-order valence-corrected chi connectivity index (χ1v) is 9.48. The van der Waals surface area contributed by atoms with Gasteiger partial charge in [0.2, 0.25) is 0 Å². The van der Waals surface area contributed by atoms with Crippen LogP contribution < -0.4 is 5.73 Å². The molecule has 29 heavy (non-hydrogen) atoms. The lowest BCUT2D eigenvalue weighted by Gasteiger charge is -2.04. The van der Waals surface area contributed by atoms with Gasteiger partial charge in [0, 0.05) is 34.9 Å². The van der Waals surface area contributed by atoms with Gasteiger partial charge in [-0.05, 0) is 42.3 Å². The topological polar surface area (TPSA) is 96.3 Å². The average Bonchev–Trinajstić information content (AvgIpc) is 3.40. The fraction of sp³-hybridized carbons (Fsp3) is 0.0870. The molecule has 0 aliphatic carbocycles. The average molecular weight is 380 g/mol. The molecule has 5 rings (SSSR count).